The van der Waals surface area contributed by atoms with Gasteiger partial charge in [-0.1, -0.05) is 35.9 Å². The quantitative estimate of drug-likeness (QED) is 0.306. The average molecular weight is 571 g/mol. The van der Waals surface area contributed by atoms with Gasteiger partial charge >= 0.3 is 0 Å². The Morgan fingerprint density at radius 3 is 2.22 bits per heavy atom. The van der Waals surface area contributed by atoms with Crippen molar-refractivity contribution in [1.29, 1.82) is 0 Å². The van der Waals surface area contributed by atoms with E-state index in [2.05, 4.69) is 15.6 Å². The summed E-state index contributed by atoms with van der Waals surface area (Å²) < 4.78 is 5.72. The monoisotopic (exact) mass is 570 g/mol. The molecular formula is C24H32ClIN4O2. The van der Waals surface area contributed by atoms with Gasteiger partial charge in [-0.2, -0.15) is 0 Å². The maximum atomic E-state index is 12.8. The highest BCUT2D eigenvalue weighted by Gasteiger charge is 2.26. The Hall–Kier alpha value is -1.84. The summed E-state index contributed by atoms with van der Waals surface area (Å²) in [6, 6.07) is 15.4. The summed E-state index contributed by atoms with van der Waals surface area (Å²) in [5.74, 6) is 0.795. The van der Waals surface area contributed by atoms with Crippen molar-refractivity contribution in [1.82, 2.24) is 15.5 Å². The van der Waals surface area contributed by atoms with Crippen LogP contribution >= 0.6 is 35.6 Å². The van der Waals surface area contributed by atoms with E-state index in [0.717, 1.165) is 28.7 Å². The van der Waals surface area contributed by atoms with Crippen molar-refractivity contribution in [2.75, 3.05) is 19.6 Å². The summed E-state index contributed by atoms with van der Waals surface area (Å²) in [6.07, 6.45) is 0.123. The van der Waals surface area contributed by atoms with Crippen molar-refractivity contribution in [3.8, 4) is 0 Å². The molecule has 0 saturated carbocycles. The molecule has 1 saturated heterocycles. The molecule has 1 aliphatic heterocycles. The number of carbonyl (C=O) groups excluding carboxylic acids is 1. The molecule has 3 rings (SSSR count). The standard InChI is InChI=1S/C24H31ClN4O2.HI/c1-4-26-24(28-14-20-7-11-22(25)12-8-20)27-13-19-5-9-21(10-6-19)23(30)29-15-17(2)31-18(3)16-29;/h5-12,17-18H,4,13-16H2,1-3H3,(H2,26,27,28);1H. The van der Waals surface area contributed by atoms with Crippen LogP contribution in [0.4, 0.5) is 0 Å². The number of aliphatic imine (C=N–C) groups is 1. The lowest BCUT2D eigenvalue weighted by Gasteiger charge is -2.35. The number of amides is 1. The van der Waals surface area contributed by atoms with Crippen LogP contribution in [0.15, 0.2) is 53.5 Å². The highest BCUT2D eigenvalue weighted by atomic mass is 127. The molecule has 2 aromatic rings. The number of rotatable bonds is 6. The van der Waals surface area contributed by atoms with Gasteiger partial charge in [0.05, 0.1) is 18.8 Å². The first-order chi connectivity index (χ1) is 14.9. The summed E-state index contributed by atoms with van der Waals surface area (Å²) in [6.45, 7) is 9.24. The fourth-order valence-electron chi connectivity index (χ4n) is 3.58. The second kappa shape index (κ2) is 13.0. The lowest BCUT2D eigenvalue weighted by atomic mass is 10.1. The highest BCUT2D eigenvalue weighted by Crippen LogP contribution is 2.15. The van der Waals surface area contributed by atoms with Gasteiger partial charge in [0.2, 0.25) is 0 Å². The fraction of sp³-hybridized carbons (Fsp3) is 0.417. The molecule has 2 aromatic carbocycles. The number of nitrogens with zero attached hydrogens (tertiary/aromatic N) is 2. The number of halogens is 2. The Morgan fingerprint density at radius 2 is 1.62 bits per heavy atom. The number of ether oxygens (including phenoxy) is 1. The molecule has 8 heteroatoms. The first-order valence-corrected chi connectivity index (χ1v) is 11.1. The van der Waals surface area contributed by atoms with Crippen LogP contribution in [-0.4, -0.2) is 48.6 Å². The van der Waals surface area contributed by atoms with Gasteiger partial charge in [-0.3, -0.25) is 4.79 Å². The van der Waals surface area contributed by atoms with E-state index in [0.29, 0.717) is 31.7 Å². The van der Waals surface area contributed by atoms with Crippen LogP contribution in [0.5, 0.6) is 0 Å². The van der Waals surface area contributed by atoms with Crippen LogP contribution in [0.3, 0.4) is 0 Å². The van der Waals surface area contributed by atoms with Crippen LogP contribution in [0.25, 0.3) is 0 Å². The molecule has 1 aliphatic rings. The number of nitrogens with one attached hydrogen (secondary N) is 2. The minimum absolute atomic E-state index is 0. The van der Waals surface area contributed by atoms with Gasteiger partial charge in [0.1, 0.15) is 0 Å². The number of morpholine rings is 1. The summed E-state index contributed by atoms with van der Waals surface area (Å²) >= 11 is 5.94. The molecule has 2 atom stereocenters. The molecule has 2 N–H and O–H groups in total. The number of carbonyl (C=O) groups is 1. The van der Waals surface area contributed by atoms with Crippen molar-refractivity contribution in [2.24, 2.45) is 4.99 Å². The van der Waals surface area contributed by atoms with Crippen LogP contribution in [0.1, 0.15) is 42.3 Å². The third-order valence-electron chi connectivity index (χ3n) is 5.04. The van der Waals surface area contributed by atoms with Crippen LogP contribution < -0.4 is 10.6 Å². The zero-order chi connectivity index (χ0) is 22.2. The zero-order valence-corrected chi connectivity index (χ0v) is 21.9. The Labute approximate surface area is 212 Å². The summed E-state index contributed by atoms with van der Waals surface area (Å²) in [5, 5.41) is 7.31. The smallest absolute Gasteiger partial charge is 0.254 e. The van der Waals surface area contributed by atoms with Crippen LogP contribution in [0.2, 0.25) is 5.02 Å². The number of guanidine groups is 1. The second-order valence-corrected chi connectivity index (χ2v) is 8.28. The van der Waals surface area contributed by atoms with E-state index in [4.69, 9.17) is 16.3 Å². The van der Waals surface area contributed by atoms with E-state index in [9.17, 15) is 4.79 Å². The van der Waals surface area contributed by atoms with E-state index in [1.807, 2.05) is 74.2 Å². The van der Waals surface area contributed by atoms with Crippen molar-refractivity contribution >= 4 is 47.4 Å². The normalized spacial score (nSPS) is 18.6. The Bertz CT molecular complexity index is 880. The molecule has 0 aromatic heterocycles. The summed E-state index contributed by atoms with van der Waals surface area (Å²) in [5.41, 5.74) is 2.87. The third kappa shape index (κ3) is 7.94. The van der Waals surface area contributed by atoms with Crippen LogP contribution in [0, 0.1) is 0 Å². The van der Waals surface area contributed by atoms with Gasteiger partial charge in [-0.15, -0.1) is 24.0 Å². The topological polar surface area (TPSA) is 66.0 Å². The molecule has 1 heterocycles. The molecule has 6 nitrogen and oxygen atoms in total. The van der Waals surface area contributed by atoms with E-state index in [1.54, 1.807) is 0 Å². The molecule has 0 radical (unpaired) electrons. The van der Waals surface area contributed by atoms with Crippen molar-refractivity contribution in [2.45, 2.75) is 46.1 Å². The third-order valence-corrected chi connectivity index (χ3v) is 5.30. The summed E-state index contributed by atoms with van der Waals surface area (Å²) in [7, 11) is 0. The van der Waals surface area contributed by atoms with Crippen molar-refractivity contribution < 1.29 is 9.53 Å². The highest BCUT2D eigenvalue weighted by molar-refractivity contribution is 14.0. The van der Waals surface area contributed by atoms with E-state index >= 15 is 0 Å². The van der Waals surface area contributed by atoms with Gasteiger partial charge in [-0.05, 0) is 56.2 Å². The predicted octanol–water partition coefficient (Wildman–Crippen LogP) is 4.46. The van der Waals surface area contributed by atoms with Gasteiger partial charge in [0.15, 0.2) is 5.96 Å². The van der Waals surface area contributed by atoms with Gasteiger partial charge in [0.25, 0.3) is 5.91 Å². The molecule has 174 valence electrons. The molecule has 1 fully saturated rings. The number of hydrogen-bond acceptors (Lipinski definition) is 3. The largest absolute Gasteiger partial charge is 0.372 e. The van der Waals surface area contributed by atoms with E-state index in [-0.39, 0.29) is 42.1 Å². The van der Waals surface area contributed by atoms with E-state index < -0.39 is 0 Å². The number of hydrogen-bond donors (Lipinski definition) is 2. The zero-order valence-electron chi connectivity index (χ0n) is 18.8. The molecular weight excluding hydrogens is 539 g/mol. The molecule has 2 unspecified atom stereocenters. The molecule has 0 spiro atoms. The first-order valence-electron chi connectivity index (χ1n) is 10.7. The fourth-order valence-corrected chi connectivity index (χ4v) is 3.71. The van der Waals surface area contributed by atoms with Gasteiger partial charge in [-0.25, -0.2) is 4.99 Å². The molecule has 1 amide bonds. The lowest BCUT2D eigenvalue weighted by molar-refractivity contribution is -0.0586. The summed E-state index contributed by atoms with van der Waals surface area (Å²) in [4.78, 5) is 19.3. The minimum atomic E-state index is 0. The maximum Gasteiger partial charge on any atom is 0.254 e. The van der Waals surface area contributed by atoms with Crippen molar-refractivity contribution in [3.63, 3.8) is 0 Å². The van der Waals surface area contributed by atoms with Gasteiger partial charge in [0, 0.05) is 36.8 Å². The SMILES string of the molecule is CCNC(=NCc1ccc(C(=O)N2CC(C)OC(C)C2)cc1)NCc1ccc(Cl)cc1.I. The number of benzene rings is 2. The molecule has 0 bridgehead atoms. The molecule has 0 aliphatic carbocycles. The molecule has 32 heavy (non-hydrogen) atoms. The lowest BCUT2D eigenvalue weighted by Crippen LogP contribution is -2.48. The Balaban J connectivity index is 0.00000363. The Morgan fingerprint density at radius 1 is 1.03 bits per heavy atom. The Kier molecular flexibility index (Phi) is 10.7. The second-order valence-electron chi connectivity index (χ2n) is 7.84. The van der Waals surface area contributed by atoms with Crippen LogP contribution in [-0.2, 0) is 17.8 Å². The predicted molar refractivity (Wildman–Crippen MR) is 141 cm³/mol. The van der Waals surface area contributed by atoms with E-state index in [1.165, 1.54) is 0 Å². The maximum absolute atomic E-state index is 12.8. The minimum Gasteiger partial charge on any atom is -0.372 e. The first kappa shape index (κ1) is 26.4. The van der Waals surface area contributed by atoms with Crippen molar-refractivity contribution in [3.05, 3.63) is 70.2 Å². The average Bonchev–Trinajstić information content (AvgIpc) is 2.76. The van der Waals surface area contributed by atoms with Gasteiger partial charge < -0.3 is 20.3 Å².